The van der Waals surface area contributed by atoms with Crippen molar-refractivity contribution < 1.29 is 14.3 Å². The molecule has 19 heavy (non-hydrogen) atoms. The molecule has 0 bridgehead atoms. The molecule has 2 rings (SSSR count). The number of nitrogens with one attached hydrogen (secondary N) is 1. The smallest absolute Gasteiger partial charge is 0.327 e. The second-order valence-electron chi connectivity index (χ2n) is 4.52. The Morgan fingerprint density at radius 2 is 2.37 bits per heavy atom. The summed E-state index contributed by atoms with van der Waals surface area (Å²) in [7, 11) is 1.40. The lowest BCUT2D eigenvalue weighted by Gasteiger charge is -2.20. The number of esters is 1. The summed E-state index contributed by atoms with van der Waals surface area (Å²) in [5.41, 5.74) is 0.882. The average Bonchev–Trinajstić information content (AvgIpc) is 2.93. The first-order valence-electron chi connectivity index (χ1n) is 6.39. The number of halogens is 1. The summed E-state index contributed by atoms with van der Waals surface area (Å²) in [6, 6.07) is 7.18. The lowest BCUT2D eigenvalue weighted by atomic mass is 10.1. The minimum absolute atomic E-state index is 0.189. The Kier molecular flexibility index (Phi) is 5.36. The monoisotopic (exact) mass is 327 g/mol. The first-order valence-corrected chi connectivity index (χ1v) is 7.19. The number of carbonyl (C=O) groups is 1. The highest BCUT2D eigenvalue weighted by Crippen LogP contribution is 2.24. The van der Waals surface area contributed by atoms with Crippen LogP contribution in [0.4, 0.5) is 0 Å². The van der Waals surface area contributed by atoms with Gasteiger partial charge in [0.05, 0.1) is 13.2 Å². The Bertz CT molecular complexity index is 432. The number of benzene rings is 1. The Hall–Kier alpha value is -0.910. The van der Waals surface area contributed by atoms with Crippen LogP contribution in [0.3, 0.4) is 0 Å². The number of ether oxygens (including phenoxy) is 2. The lowest BCUT2D eigenvalue weighted by Crippen LogP contribution is -2.35. The predicted octanol–water partition coefficient (Wildman–Crippen LogP) is 2.43. The van der Waals surface area contributed by atoms with Crippen LogP contribution in [0, 0.1) is 0 Å². The van der Waals surface area contributed by atoms with Gasteiger partial charge in [0.25, 0.3) is 0 Å². The molecule has 1 aromatic rings. The second-order valence-corrected chi connectivity index (χ2v) is 5.38. The maximum absolute atomic E-state index is 11.9. The van der Waals surface area contributed by atoms with Gasteiger partial charge in [-0.1, -0.05) is 34.1 Å². The van der Waals surface area contributed by atoms with Crippen LogP contribution in [0.1, 0.15) is 24.4 Å². The third kappa shape index (κ3) is 3.78. The van der Waals surface area contributed by atoms with E-state index in [-0.39, 0.29) is 12.1 Å². The number of methoxy groups -OCH3 is 1. The van der Waals surface area contributed by atoms with Crippen molar-refractivity contribution in [3.8, 4) is 0 Å². The summed E-state index contributed by atoms with van der Waals surface area (Å²) in [6.07, 6.45) is 2.32. The van der Waals surface area contributed by atoms with Crippen LogP contribution in [-0.4, -0.2) is 32.3 Å². The molecule has 0 radical (unpaired) electrons. The molecule has 1 aromatic carbocycles. The number of rotatable bonds is 5. The highest BCUT2D eigenvalue weighted by Gasteiger charge is 2.25. The first kappa shape index (κ1) is 14.5. The molecule has 2 unspecified atom stereocenters. The molecule has 1 N–H and O–H groups in total. The maximum atomic E-state index is 11.9. The molecule has 104 valence electrons. The van der Waals surface area contributed by atoms with Crippen LogP contribution in [0.25, 0.3) is 0 Å². The highest BCUT2D eigenvalue weighted by atomic mass is 79.9. The molecule has 4 nitrogen and oxygen atoms in total. The average molecular weight is 328 g/mol. The van der Waals surface area contributed by atoms with Gasteiger partial charge in [-0.2, -0.15) is 0 Å². The standard InChI is InChI=1S/C14H18BrNO3/c1-18-14(17)13(11-6-2-3-7-12(11)15)16-9-10-5-4-8-19-10/h2-3,6-7,10,13,16H,4-5,8-9H2,1H3. The van der Waals surface area contributed by atoms with Gasteiger partial charge in [0.1, 0.15) is 6.04 Å². The molecule has 2 atom stereocenters. The van der Waals surface area contributed by atoms with Crippen LogP contribution in [0.15, 0.2) is 28.7 Å². The fourth-order valence-electron chi connectivity index (χ4n) is 2.20. The van der Waals surface area contributed by atoms with Crippen LogP contribution in [-0.2, 0) is 14.3 Å². The van der Waals surface area contributed by atoms with Crippen molar-refractivity contribution in [2.45, 2.75) is 25.0 Å². The molecule has 1 saturated heterocycles. The van der Waals surface area contributed by atoms with Gasteiger partial charge in [-0.05, 0) is 24.5 Å². The molecule has 0 aliphatic carbocycles. The van der Waals surface area contributed by atoms with Crippen LogP contribution in [0.2, 0.25) is 0 Å². The Morgan fingerprint density at radius 1 is 1.58 bits per heavy atom. The van der Waals surface area contributed by atoms with Crippen molar-refractivity contribution in [2.75, 3.05) is 20.3 Å². The van der Waals surface area contributed by atoms with Crippen molar-refractivity contribution in [1.29, 1.82) is 0 Å². The molecule has 5 heteroatoms. The molecule has 1 heterocycles. The van der Waals surface area contributed by atoms with Crippen molar-refractivity contribution in [1.82, 2.24) is 5.32 Å². The van der Waals surface area contributed by atoms with E-state index >= 15 is 0 Å². The highest BCUT2D eigenvalue weighted by molar-refractivity contribution is 9.10. The SMILES string of the molecule is COC(=O)C(NCC1CCCO1)c1ccccc1Br. The summed E-state index contributed by atoms with van der Waals surface area (Å²) in [6.45, 7) is 1.46. The van der Waals surface area contributed by atoms with Crippen molar-refractivity contribution in [3.63, 3.8) is 0 Å². The van der Waals surface area contributed by atoms with E-state index in [1.807, 2.05) is 24.3 Å². The van der Waals surface area contributed by atoms with Gasteiger partial charge in [-0.3, -0.25) is 5.32 Å². The Balaban J connectivity index is 2.07. The van der Waals surface area contributed by atoms with Gasteiger partial charge in [0.2, 0.25) is 0 Å². The second kappa shape index (κ2) is 7.03. The predicted molar refractivity (Wildman–Crippen MR) is 75.9 cm³/mol. The largest absolute Gasteiger partial charge is 0.468 e. The van der Waals surface area contributed by atoms with Crippen molar-refractivity contribution >= 4 is 21.9 Å². The first-order chi connectivity index (χ1) is 9.22. The minimum atomic E-state index is -0.468. The maximum Gasteiger partial charge on any atom is 0.327 e. The van der Waals surface area contributed by atoms with Gasteiger partial charge in [-0.15, -0.1) is 0 Å². The molecule has 1 fully saturated rings. The zero-order chi connectivity index (χ0) is 13.7. The summed E-state index contributed by atoms with van der Waals surface area (Å²) in [4.78, 5) is 11.9. The molecular weight excluding hydrogens is 310 g/mol. The van der Waals surface area contributed by atoms with E-state index in [0.29, 0.717) is 6.54 Å². The Labute approximate surface area is 121 Å². The van der Waals surface area contributed by atoms with E-state index in [2.05, 4.69) is 21.2 Å². The van der Waals surface area contributed by atoms with Crippen LogP contribution in [0.5, 0.6) is 0 Å². The molecular formula is C14H18BrNO3. The normalized spacial score (nSPS) is 20.2. The van der Waals surface area contributed by atoms with Gasteiger partial charge in [-0.25, -0.2) is 4.79 Å². The van der Waals surface area contributed by atoms with E-state index in [0.717, 1.165) is 29.5 Å². The van der Waals surface area contributed by atoms with Gasteiger partial charge in [0, 0.05) is 17.6 Å². The summed E-state index contributed by atoms with van der Waals surface area (Å²) < 4.78 is 11.3. The van der Waals surface area contributed by atoms with E-state index < -0.39 is 6.04 Å². The molecule has 0 spiro atoms. The fraction of sp³-hybridized carbons (Fsp3) is 0.500. The summed E-state index contributed by atoms with van der Waals surface area (Å²) in [5, 5.41) is 3.24. The lowest BCUT2D eigenvalue weighted by molar-refractivity contribution is -0.143. The van der Waals surface area contributed by atoms with E-state index in [1.54, 1.807) is 0 Å². The van der Waals surface area contributed by atoms with Crippen molar-refractivity contribution in [3.05, 3.63) is 34.3 Å². The third-order valence-electron chi connectivity index (χ3n) is 3.23. The number of hydrogen-bond donors (Lipinski definition) is 1. The van der Waals surface area contributed by atoms with Gasteiger partial charge in [0.15, 0.2) is 0 Å². The van der Waals surface area contributed by atoms with Gasteiger partial charge < -0.3 is 9.47 Å². The summed E-state index contributed by atoms with van der Waals surface area (Å²) in [5.74, 6) is -0.287. The number of carbonyl (C=O) groups excluding carboxylic acids is 1. The quantitative estimate of drug-likeness (QED) is 0.844. The molecule has 0 saturated carbocycles. The van der Waals surface area contributed by atoms with E-state index in [9.17, 15) is 4.79 Å². The molecule has 1 aliphatic heterocycles. The molecule has 0 aromatic heterocycles. The molecule has 0 amide bonds. The van der Waals surface area contributed by atoms with Gasteiger partial charge >= 0.3 is 5.97 Å². The summed E-state index contributed by atoms with van der Waals surface area (Å²) >= 11 is 3.47. The third-order valence-corrected chi connectivity index (χ3v) is 3.95. The molecule has 1 aliphatic rings. The van der Waals surface area contributed by atoms with E-state index in [1.165, 1.54) is 7.11 Å². The van der Waals surface area contributed by atoms with Crippen molar-refractivity contribution in [2.24, 2.45) is 0 Å². The van der Waals surface area contributed by atoms with Crippen LogP contribution < -0.4 is 5.32 Å². The fourth-order valence-corrected chi connectivity index (χ4v) is 2.72. The van der Waals surface area contributed by atoms with Crippen LogP contribution >= 0.6 is 15.9 Å². The zero-order valence-electron chi connectivity index (χ0n) is 10.9. The topological polar surface area (TPSA) is 47.6 Å². The zero-order valence-corrected chi connectivity index (χ0v) is 12.5. The number of hydrogen-bond acceptors (Lipinski definition) is 4. The minimum Gasteiger partial charge on any atom is -0.468 e. The van der Waals surface area contributed by atoms with E-state index in [4.69, 9.17) is 9.47 Å². The Morgan fingerprint density at radius 3 is 3.00 bits per heavy atom.